The van der Waals surface area contributed by atoms with Gasteiger partial charge in [-0.3, -0.25) is 20.4 Å². The summed E-state index contributed by atoms with van der Waals surface area (Å²) >= 11 is 36.4. The summed E-state index contributed by atoms with van der Waals surface area (Å²) in [4.78, 5) is 25.7. The van der Waals surface area contributed by atoms with E-state index >= 15 is 0 Å². The fraction of sp³-hybridized carbons (Fsp3) is 0.125. The number of hydrazine groups is 1. The molecule has 1 fully saturated rings. The number of hydrogen-bond acceptors (Lipinski definition) is 3. The molecule has 2 amide bonds. The Bertz CT molecular complexity index is 1320. The normalized spacial score (nSPS) is 17.6. The van der Waals surface area contributed by atoms with Crippen molar-refractivity contribution in [2.45, 2.75) is 10.3 Å². The second kappa shape index (κ2) is 11.0. The lowest BCUT2D eigenvalue weighted by atomic mass is 10.1. The zero-order chi connectivity index (χ0) is 26.0. The minimum absolute atomic E-state index is 0.112. The van der Waals surface area contributed by atoms with Gasteiger partial charge in [-0.1, -0.05) is 53.0 Å². The molecule has 186 valence electrons. The Hall–Kier alpha value is -2.26. The summed E-state index contributed by atoms with van der Waals surface area (Å²) in [6, 6.07) is 18.6. The molecule has 4 rings (SSSR count). The van der Waals surface area contributed by atoms with Gasteiger partial charge in [0.15, 0.2) is 5.11 Å². The molecule has 4 N–H and O–H groups in total. The van der Waals surface area contributed by atoms with Crippen molar-refractivity contribution in [1.82, 2.24) is 10.9 Å². The minimum Gasteiger partial charge on any atom is -0.331 e. The van der Waals surface area contributed by atoms with Crippen LogP contribution < -0.4 is 21.5 Å². The van der Waals surface area contributed by atoms with Gasteiger partial charge < -0.3 is 10.6 Å². The Morgan fingerprint density at radius 3 is 2.14 bits per heavy atom. The summed E-state index contributed by atoms with van der Waals surface area (Å²) in [5.41, 5.74) is 6.93. The molecule has 36 heavy (non-hydrogen) atoms. The summed E-state index contributed by atoms with van der Waals surface area (Å²) in [5, 5.41) is 6.84. The molecule has 1 aliphatic carbocycles. The van der Waals surface area contributed by atoms with Crippen LogP contribution in [0.5, 0.6) is 0 Å². The molecule has 1 saturated carbocycles. The third-order valence-corrected chi connectivity index (χ3v) is 7.29. The van der Waals surface area contributed by atoms with Crippen LogP contribution in [0.3, 0.4) is 0 Å². The highest BCUT2D eigenvalue weighted by molar-refractivity contribution is 7.80. The lowest BCUT2D eigenvalue weighted by Crippen LogP contribution is -2.43. The minimum atomic E-state index is -1.34. The number of thiocarbonyl (C=S) groups is 1. The van der Waals surface area contributed by atoms with Gasteiger partial charge in [0.2, 0.25) is 5.91 Å². The van der Waals surface area contributed by atoms with Gasteiger partial charge in [0, 0.05) is 27.3 Å². The van der Waals surface area contributed by atoms with Gasteiger partial charge in [-0.25, -0.2) is 0 Å². The van der Waals surface area contributed by atoms with E-state index in [1.807, 2.05) is 30.3 Å². The number of carbonyl (C=O) groups is 2. The number of alkyl halides is 2. The third-order valence-electron chi connectivity index (χ3n) is 5.38. The first-order valence-corrected chi connectivity index (χ1v) is 12.7. The van der Waals surface area contributed by atoms with Gasteiger partial charge >= 0.3 is 0 Å². The molecule has 0 radical (unpaired) electrons. The number of benzene rings is 3. The van der Waals surface area contributed by atoms with Crippen LogP contribution in [0.2, 0.25) is 15.1 Å². The Kier molecular flexibility index (Phi) is 8.19. The van der Waals surface area contributed by atoms with Gasteiger partial charge in [0.25, 0.3) is 5.91 Å². The maximum atomic E-state index is 13.0. The molecule has 3 aromatic carbocycles. The first-order chi connectivity index (χ1) is 17.1. The zero-order valence-electron chi connectivity index (χ0n) is 18.1. The van der Waals surface area contributed by atoms with Crippen LogP contribution in [-0.4, -0.2) is 21.3 Å². The second-order valence-electron chi connectivity index (χ2n) is 7.92. The van der Waals surface area contributed by atoms with Crippen molar-refractivity contribution < 1.29 is 9.59 Å². The van der Waals surface area contributed by atoms with E-state index in [9.17, 15) is 9.59 Å². The van der Waals surface area contributed by atoms with Crippen LogP contribution >= 0.6 is 70.2 Å². The van der Waals surface area contributed by atoms with Gasteiger partial charge in [-0.2, -0.15) is 0 Å². The van der Waals surface area contributed by atoms with Crippen LogP contribution in [-0.2, 0) is 4.79 Å². The van der Waals surface area contributed by atoms with Crippen LogP contribution in [0.25, 0.3) is 0 Å². The van der Waals surface area contributed by atoms with E-state index in [2.05, 4.69) is 21.5 Å². The Morgan fingerprint density at radius 2 is 1.47 bits per heavy atom. The van der Waals surface area contributed by atoms with Crippen molar-refractivity contribution in [2.24, 2.45) is 5.92 Å². The highest BCUT2D eigenvalue weighted by Gasteiger charge is 2.67. The second-order valence-corrected chi connectivity index (χ2v) is 11.0. The van der Waals surface area contributed by atoms with E-state index in [1.54, 1.807) is 24.3 Å². The third kappa shape index (κ3) is 6.17. The van der Waals surface area contributed by atoms with Crippen LogP contribution in [0.4, 0.5) is 11.4 Å². The van der Waals surface area contributed by atoms with Crippen LogP contribution in [0, 0.1) is 5.92 Å². The molecule has 2 atom stereocenters. The van der Waals surface area contributed by atoms with E-state index in [4.69, 9.17) is 70.2 Å². The smallest absolute Gasteiger partial charge is 0.271 e. The predicted molar refractivity (Wildman–Crippen MR) is 150 cm³/mol. The molecule has 0 saturated heterocycles. The van der Waals surface area contributed by atoms with Crippen LogP contribution in [0.15, 0.2) is 66.7 Å². The number of hydrogen-bond donors (Lipinski definition) is 4. The molecule has 0 bridgehead atoms. The first kappa shape index (κ1) is 26.8. The quantitative estimate of drug-likeness (QED) is 0.147. The summed E-state index contributed by atoms with van der Waals surface area (Å²) in [6.07, 6.45) is 0. The summed E-state index contributed by atoms with van der Waals surface area (Å²) < 4.78 is -1.34. The molecule has 12 heteroatoms. The molecule has 1 aliphatic rings. The molecule has 3 aromatic rings. The van der Waals surface area contributed by atoms with Crippen LogP contribution in [0.1, 0.15) is 21.8 Å². The molecular weight excluding hydrogens is 586 g/mol. The van der Waals surface area contributed by atoms with Crippen molar-refractivity contribution in [2.75, 3.05) is 10.6 Å². The molecule has 6 nitrogen and oxygen atoms in total. The maximum absolute atomic E-state index is 13.0. The molecule has 2 unspecified atom stereocenters. The largest absolute Gasteiger partial charge is 0.331 e. The molecule has 0 spiro atoms. The maximum Gasteiger partial charge on any atom is 0.271 e. The Morgan fingerprint density at radius 1 is 0.806 bits per heavy atom. The Balaban J connectivity index is 1.40. The van der Waals surface area contributed by atoms with E-state index in [-0.39, 0.29) is 15.7 Å². The van der Waals surface area contributed by atoms with E-state index < -0.39 is 28.0 Å². The lowest BCUT2D eigenvalue weighted by molar-refractivity contribution is -0.117. The average molecular weight is 603 g/mol. The monoisotopic (exact) mass is 600 g/mol. The number of rotatable bonds is 5. The standard InChI is InChI=1S/C24H17Cl5N4O2S/c25-13-8-12(9-14(26)10-13)19-20(24(19,28)29)22(35)30-16-6-7-18(27)17(11-16)21(34)32-33-23(36)31-15-4-2-1-3-5-15/h1-11,19-20H,(H,30,35)(H,32,34)(H2,31,33,36). The molecular formula is C24H17Cl5N4O2S. The van der Waals surface area contributed by atoms with E-state index in [1.165, 1.54) is 12.1 Å². The van der Waals surface area contributed by atoms with Crippen molar-refractivity contribution >= 4 is 98.5 Å². The fourth-order valence-corrected chi connectivity index (χ4v) is 5.43. The SMILES string of the molecule is O=C(NNC(=S)Nc1ccccc1)c1cc(NC(=O)C2C(c3cc(Cl)cc(Cl)c3)C2(Cl)Cl)ccc1Cl. The molecule has 0 aromatic heterocycles. The number of anilines is 2. The van der Waals surface area contributed by atoms with Crippen molar-refractivity contribution in [3.63, 3.8) is 0 Å². The topological polar surface area (TPSA) is 82.3 Å². The van der Waals surface area contributed by atoms with Crippen molar-refractivity contribution in [3.8, 4) is 0 Å². The fourth-order valence-electron chi connectivity index (χ4n) is 3.68. The average Bonchev–Trinajstić information content (AvgIpc) is 3.41. The highest BCUT2D eigenvalue weighted by Crippen LogP contribution is 2.65. The van der Waals surface area contributed by atoms with E-state index in [0.29, 0.717) is 21.3 Å². The number of para-hydroxylation sites is 1. The van der Waals surface area contributed by atoms with Gasteiger partial charge in [-0.15, -0.1) is 23.2 Å². The first-order valence-electron chi connectivity index (χ1n) is 10.4. The van der Waals surface area contributed by atoms with Crippen molar-refractivity contribution in [3.05, 3.63) is 92.9 Å². The van der Waals surface area contributed by atoms with Crippen molar-refractivity contribution in [1.29, 1.82) is 0 Å². The predicted octanol–water partition coefficient (Wildman–Crippen LogP) is 6.80. The summed E-state index contributed by atoms with van der Waals surface area (Å²) in [5.74, 6) is -2.25. The zero-order valence-corrected chi connectivity index (χ0v) is 22.7. The van der Waals surface area contributed by atoms with Gasteiger partial charge in [-0.05, 0) is 66.3 Å². The molecule has 0 aliphatic heterocycles. The number of halogens is 5. The van der Waals surface area contributed by atoms with Gasteiger partial charge in [0.05, 0.1) is 16.5 Å². The lowest BCUT2D eigenvalue weighted by Gasteiger charge is -2.13. The van der Waals surface area contributed by atoms with Gasteiger partial charge in [0.1, 0.15) is 4.33 Å². The number of carbonyl (C=O) groups excluding carboxylic acids is 2. The summed E-state index contributed by atoms with van der Waals surface area (Å²) in [7, 11) is 0. The highest BCUT2D eigenvalue weighted by atomic mass is 35.5. The van der Waals surface area contributed by atoms with E-state index in [0.717, 1.165) is 5.69 Å². The molecule has 0 heterocycles. The number of amides is 2. The summed E-state index contributed by atoms with van der Waals surface area (Å²) in [6.45, 7) is 0. The number of nitrogens with one attached hydrogen (secondary N) is 4. The Labute approximate surface area is 237 Å².